The fourth-order valence-electron chi connectivity index (χ4n) is 3.77. The summed E-state index contributed by atoms with van der Waals surface area (Å²) < 4.78 is 46.9. The normalized spacial score (nSPS) is 12.3. The number of carboxylic acids is 1. The van der Waals surface area contributed by atoms with Gasteiger partial charge in [0, 0.05) is 12.0 Å². The first-order valence-electron chi connectivity index (χ1n) is 11.2. The van der Waals surface area contributed by atoms with Crippen molar-refractivity contribution in [1.29, 1.82) is 0 Å². The van der Waals surface area contributed by atoms with Gasteiger partial charge in [-0.2, -0.15) is 13.2 Å². The Labute approximate surface area is 205 Å². The summed E-state index contributed by atoms with van der Waals surface area (Å²) in [6.45, 7) is 0.0748. The molecule has 186 valence electrons. The highest BCUT2D eigenvalue weighted by molar-refractivity contribution is 5.68. The first-order valence-corrected chi connectivity index (χ1v) is 11.2. The maximum Gasteiger partial charge on any atom is 0.419 e. The van der Waals surface area contributed by atoms with Crippen molar-refractivity contribution in [2.75, 3.05) is 6.61 Å². The highest BCUT2D eigenvalue weighted by atomic mass is 19.4. The van der Waals surface area contributed by atoms with Crippen molar-refractivity contribution >= 4 is 5.97 Å². The second-order valence-electron chi connectivity index (χ2n) is 8.26. The van der Waals surface area contributed by atoms with E-state index in [9.17, 15) is 18.0 Å². The minimum atomic E-state index is -4.63. The third kappa shape index (κ3) is 6.11. The first kappa shape index (κ1) is 25.0. The molecule has 1 atom stereocenters. The molecule has 3 aromatic carbocycles. The predicted octanol–water partition coefficient (Wildman–Crippen LogP) is 5.86. The van der Waals surface area contributed by atoms with Crippen LogP contribution in [0.1, 0.15) is 29.4 Å². The summed E-state index contributed by atoms with van der Waals surface area (Å²) in [4.78, 5) is 17.7. The molecular weight excluding hydrogens is 471 g/mol. The lowest BCUT2D eigenvalue weighted by atomic mass is 10.0. The number of hydrogen-bond donors (Lipinski definition) is 3. The molecule has 0 aliphatic rings. The largest absolute Gasteiger partial charge is 0.493 e. The summed E-state index contributed by atoms with van der Waals surface area (Å²) in [6.07, 6.45) is -3.22. The number of aromatic amines is 1. The van der Waals surface area contributed by atoms with Gasteiger partial charge < -0.3 is 20.6 Å². The van der Waals surface area contributed by atoms with Gasteiger partial charge in [-0.1, -0.05) is 54.6 Å². The van der Waals surface area contributed by atoms with Crippen LogP contribution in [0.25, 0.3) is 22.4 Å². The van der Waals surface area contributed by atoms with Crippen LogP contribution in [-0.4, -0.2) is 27.7 Å². The first-order chi connectivity index (χ1) is 17.2. The molecule has 1 unspecified atom stereocenters. The van der Waals surface area contributed by atoms with E-state index in [2.05, 4.69) is 9.97 Å². The van der Waals surface area contributed by atoms with Crippen molar-refractivity contribution in [1.82, 2.24) is 9.97 Å². The summed E-state index contributed by atoms with van der Waals surface area (Å²) in [5, 5.41) is 8.87. The fraction of sp³-hybridized carbons (Fsp3) is 0.185. The van der Waals surface area contributed by atoms with Gasteiger partial charge in [0.2, 0.25) is 0 Å². The molecule has 1 aromatic heterocycles. The maximum absolute atomic E-state index is 13.8. The minimum absolute atomic E-state index is 0.0748. The molecule has 0 radical (unpaired) electrons. The van der Waals surface area contributed by atoms with E-state index in [0.29, 0.717) is 12.1 Å². The number of rotatable bonds is 9. The summed E-state index contributed by atoms with van der Waals surface area (Å²) in [5.74, 6) is -1.19. The summed E-state index contributed by atoms with van der Waals surface area (Å²) in [7, 11) is 0. The lowest BCUT2D eigenvalue weighted by Crippen LogP contribution is -2.16. The van der Waals surface area contributed by atoms with Gasteiger partial charge in [0.15, 0.2) is 0 Å². The van der Waals surface area contributed by atoms with Crippen LogP contribution in [0, 0.1) is 0 Å². The Bertz CT molecular complexity index is 1320. The number of nitrogens with one attached hydrogen (secondary N) is 1. The number of alkyl halides is 3. The third-order valence-corrected chi connectivity index (χ3v) is 5.65. The Hall–Kier alpha value is -4.11. The molecule has 0 saturated carbocycles. The average molecular weight is 496 g/mol. The summed E-state index contributed by atoms with van der Waals surface area (Å²) in [6, 6.07) is 20.5. The van der Waals surface area contributed by atoms with Gasteiger partial charge in [-0.15, -0.1) is 0 Å². The summed E-state index contributed by atoms with van der Waals surface area (Å²) >= 11 is 0. The molecule has 6 nitrogen and oxygen atoms in total. The second kappa shape index (κ2) is 10.7. The zero-order valence-electron chi connectivity index (χ0n) is 19.1. The number of carboxylic acid groups (broad SMARTS) is 1. The maximum atomic E-state index is 13.8. The molecule has 4 N–H and O–H groups in total. The topological polar surface area (TPSA) is 101 Å². The number of halogens is 3. The zero-order chi connectivity index (χ0) is 25.7. The van der Waals surface area contributed by atoms with E-state index in [4.69, 9.17) is 15.6 Å². The Morgan fingerprint density at radius 1 is 1.00 bits per heavy atom. The molecule has 0 spiro atoms. The monoisotopic (exact) mass is 495 g/mol. The molecular formula is C27H24F3N3O3. The Kier molecular flexibility index (Phi) is 7.40. The van der Waals surface area contributed by atoms with Crippen molar-refractivity contribution in [3.05, 3.63) is 95.9 Å². The van der Waals surface area contributed by atoms with Gasteiger partial charge in [-0.25, -0.2) is 4.98 Å². The van der Waals surface area contributed by atoms with Crippen LogP contribution in [0.3, 0.4) is 0 Å². The van der Waals surface area contributed by atoms with Crippen LogP contribution in [0.5, 0.6) is 5.75 Å². The molecule has 4 aromatic rings. The number of hydrogen-bond acceptors (Lipinski definition) is 4. The van der Waals surface area contributed by atoms with Gasteiger partial charge in [0.05, 0.1) is 36.5 Å². The molecule has 0 amide bonds. The number of imidazole rings is 1. The lowest BCUT2D eigenvalue weighted by Gasteiger charge is -2.15. The Balaban J connectivity index is 1.45. The van der Waals surface area contributed by atoms with Crippen molar-refractivity contribution in [2.45, 2.75) is 25.1 Å². The van der Waals surface area contributed by atoms with E-state index in [1.807, 2.05) is 54.6 Å². The van der Waals surface area contributed by atoms with Gasteiger partial charge in [-0.3, -0.25) is 4.79 Å². The minimum Gasteiger partial charge on any atom is -0.493 e. The van der Waals surface area contributed by atoms with E-state index >= 15 is 0 Å². The highest BCUT2D eigenvalue weighted by Crippen LogP contribution is 2.38. The SMILES string of the molecule is NC(CC(=O)O)c1ncc(-c2ccc(OCCc3ccc(-c4ccccc4)cc3)c(C(F)(F)F)c2)[nH]1. The van der Waals surface area contributed by atoms with Crippen LogP contribution >= 0.6 is 0 Å². The lowest BCUT2D eigenvalue weighted by molar-refractivity contribution is -0.139. The van der Waals surface area contributed by atoms with E-state index in [1.165, 1.54) is 18.3 Å². The number of aromatic nitrogens is 2. The van der Waals surface area contributed by atoms with Crippen molar-refractivity contribution in [3.8, 4) is 28.1 Å². The highest BCUT2D eigenvalue weighted by Gasteiger charge is 2.35. The molecule has 36 heavy (non-hydrogen) atoms. The Morgan fingerprint density at radius 2 is 1.67 bits per heavy atom. The number of ether oxygens (including phenoxy) is 1. The van der Waals surface area contributed by atoms with Crippen LogP contribution in [0.4, 0.5) is 13.2 Å². The van der Waals surface area contributed by atoms with Crippen molar-refractivity contribution in [3.63, 3.8) is 0 Å². The number of nitrogens with two attached hydrogens (primary N) is 1. The number of carbonyl (C=O) groups is 1. The number of benzene rings is 3. The van der Waals surface area contributed by atoms with Gasteiger partial charge in [0.25, 0.3) is 0 Å². The molecule has 1 heterocycles. The number of aliphatic carboxylic acids is 1. The van der Waals surface area contributed by atoms with Gasteiger partial charge in [0.1, 0.15) is 11.6 Å². The average Bonchev–Trinajstić information content (AvgIpc) is 3.35. The smallest absolute Gasteiger partial charge is 0.419 e. The van der Waals surface area contributed by atoms with Gasteiger partial charge in [-0.05, 0) is 34.9 Å². The molecule has 0 bridgehead atoms. The standard InChI is InChI=1S/C27H24F3N3O3/c28-27(29,30)21-14-20(23-16-32-26(33-23)22(31)15-25(34)35)10-11-24(21)36-13-12-17-6-8-19(9-7-17)18-4-2-1-3-5-18/h1-11,14,16,22H,12-13,15,31H2,(H,32,33)(H,34,35). The van der Waals surface area contributed by atoms with E-state index in [-0.39, 0.29) is 30.2 Å². The molecule has 0 aliphatic heterocycles. The van der Waals surface area contributed by atoms with Crippen molar-refractivity contribution < 1.29 is 27.8 Å². The van der Waals surface area contributed by atoms with E-state index < -0.39 is 23.8 Å². The van der Waals surface area contributed by atoms with E-state index in [0.717, 1.165) is 22.8 Å². The van der Waals surface area contributed by atoms with Crippen LogP contribution in [0.2, 0.25) is 0 Å². The molecule has 0 aliphatic carbocycles. The van der Waals surface area contributed by atoms with Crippen LogP contribution < -0.4 is 10.5 Å². The second-order valence-corrected chi connectivity index (χ2v) is 8.26. The number of H-pyrrole nitrogens is 1. The molecule has 0 saturated heterocycles. The third-order valence-electron chi connectivity index (χ3n) is 5.65. The van der Waals surface area contributed by atoms with Crippen LogP contribution in [-0.2, 0) is 17.4 Å². The van der Waals surface area contributed by atoms with E-state index in [1.54, 1.807) is 0 Å². The van der Waals surface area contributed by atoms with Crippen molar-refractivity contribution in [2.24, 2.45) is 5.73 Å². The number of nitrogens with zero attached hydrogens (tertiary/aromatic N) is 1. The molecule has 0 fully saturated rings. The predicted molar refractivity (Wildman–Crippen MR) is 129 cm³/mol. The molecule has 9 heteroatoms. The fourth-order valence-corrected chi connectivity index (χ4v) is 3.77. The van der Waals surface area contributed by atoms with Gasteiger partial charge >= 0.3 is 12.1 Å². The summed E-state index contributed by atoms with van der Waals surface area (Å²) in [5.41, 5.74) is 8.48. The van der Waals surface area contributed by atoms with Crippen LogP contribution in [0.15, 0.2) is 79.0 Å². The zero-order valence-corrected chi connectivity index (χ0v) is 19.1. The molecule has 4 rings (SSSR count). The quantitative estimate of drug-likeness (QED) is 0.270. The Morgan fingerprint density at radius 3 is 2.33 bits per heavy atom.